The number of benzene rings is 1. The highest BCUT2D eigenvalue weighted by molar-refractivity contribution is 5.45. The molecule has 0 bridgehead atoms. The summed E-state index contributed by atoms with van der Waals surface area (Å²) in [6, 6.07) is 9.49. The van der Waals surface area contributed by atoms with Gasteiger partial charge in [-0.15, -0.1) is 0 Å². The van der Waals surface area contributed by atoms with Crippen molar-refractivity contribution in [3.05, 3.63) is 54.1 Å². The van der Waals surface area contributed by atoms with E-state index in [0.717, 1.165) is 39.1 Å². The predicted octanol–water partition coefficient (Wildman–Crippen LogP) is 1.50. The second-order valence-corrected chi connectivity index (χ2v) is 8.28. The molecule has 5 rings (SSSR count). The number of hydrogen-bond donors (Lipinski definition) is 3. The van der Waals surface area contributed by atoms with Crippen LogP contribution in [0.1, 0.15) is 18.0 Å². The molecule has 1 aromatic heterocycles. The molecule has 1 aromatic carbocycles. The number of aromatic nitrogens is 1. The first-order chi connectivity index (χ1) is 14.7. The molecule has 0 radical (unpaired) electrons. The number of ether oxygens (including phenoxy) is 1. The lowest BCUT2D eigenvalue weighted by atomic mass is 9.84. The Kier molecular flexibility index (Phi) is 5.56. The van der Waals surface area contributed by atoms with Gasteiger partial charge >= 0.3 is 0 Å². The monoisotopic (exact) mass is 412 g/mol. The van der Waals surface area contributed by atoms with E-state index in [-0.39, 0.29) is 18.0 Å². The summed E-state index contributed by atoms with van der Waals surface area (Å²) in [7, 11) is 1.60. The summed E-state index contributed by atoms with van der Waals surface area (Å²) in [5.74, 6) is 0.812. The van der Waals surface area contributed by atoms with E-state index in [1.807, 2.05) is 18.5 Å². The first-order valence-electron chi connectivity index (χ1n) is 10.7. The SMILES string of the molecule is COc1cccc(F)c1C1CC2C(CN1)NNC2N1CCN(c2ccncc2)CC1. The van der Waals surface area contributed by atoms with Crippen LogP contribution in [0, 0.1) is 11.7 Å². The normalized spacial score (nSPS) is 29.6. The highest BCUT2D eigenvalue weighted by Gasteiger charge is 2.44. The third-order valence-corrected chi connectivity index (χ3v) is 6.75. The Labute approximate surface area is 176 Å². The van der Waals surface area contributed by atoms with E-state index in [1.165, 1.54) is 11.8 Å². The molecule has 3 fully saturated rings. The Balaban J connectivity index is 1.27. The van der Waals surface area contributed by atoms with Gasteiger partial charge in [-0.1, -0.05) is 6.07 Å². The van der Waals surface area contributed by atoms with Crippen LogP contribution in [-0.4, -0.2) is 61.9 Å². The van der Waals surface area contributed by atoms with Gasteiger partial charge in [0.15, 0.2) is 0 Å². The second kappa shape index (κ2) is 8.47. The number of nitrogens with one attached hydrogen (secondary N) is 3. The maximum atomic E-state index is 14.6. The molecule has 0 aliphatic carbocycles. The molecule has 0 amide bonds. The Morgan fingerprint density at radius 2 is 1.87 bits per heavy atom. The number of rotatable bonds is 4. The number of piperidine rings is 1. The van der Waals surface area contributed by atoms with Gasteiger partial charge in [-0.2, -0.15) is 0 Å². The van der Waals surface area contributed by atoms with E-state index in [4.69, 9.17) is 4.74 Å². The summed E-state index contributed by atoms with van der Waals surface area (Å²) in [6.45, 7) is 4.76. The van der Waals surface area contributed by atoms with Crippen molar-refractivity contribution in [3.63, 3.8) is 0 Å². The minimum absolute atomic E-state index is 0.0512. The average Bonchev–Trinajstić information content (AvgIpc) is 3.23. The number of nitrogens with zero attached hydrogens (tertiary/aromatic N) is 3. The number of hydrogen-bond acceptors (Lipinski definition) is 7. The summed E-state index contributed by atoms with van der Waals surface area (Å²) >= 11 is 0. The van der Waals surface area contributed by atoms with Gasteiger partial charge in [0.25, 0.3) is 0 Å². The van der Waals surface area contributed by atoms with Gasteiger partial charge in [0, 0.05) is 74.4 Å². The smallest absolute Gasteiger partial charge is 0.131 e. The van der Waals surface area contributed by atoms with Gasteiger partial charge in [0.05, 0.1) is 13.3 Å². The van der Waals surface area contributed by atoms with E-state index in [9.17, 15) is 4.39 Å². The second-order valence-electron chi connectivity index (χ2n) is 8.28. The van der Waals surface area contributed by atoms with E-state index in [0.29, 0.717) is 23.3 Å². The summed E-state index contributed by atoms with van der Waals surface area (Å²) in [6.07, 6.45) is 4.80. The summed E-state index contributed by atoms with van der Waals surface area (Å²) < 4.78 is 20.1. The molecule has 3 N–H and O–H groups in total. The van der Waals surface area contributed by atoms with E-state index in [2.05, 4.69) is 43.1 Å². The molecule has 2 aromatic rings. The minimum atomic E-state index is -0.202. The molecule has 4 atom stereocenters. The third kappa shape index (κ3) is 3.65. The average molecular weight is 413 g/mol. The summed E-state index contributed by atoms with van der Waals surface area (Å²) in [4.78, 5) is 9.05. The number of halogens is 1. The first kappa shape index (κ1) is 19.7. The third-order valence-electron chi connectivity index (χ3n) is 6.75. The maximum Gasteiger partial charge on any atom is 0.131 e. The molecule has 0 saturated carbocycles. The van der Waals surface area contributed by atoms with E-state index >= 15 is 0 Å². The molecule has 8 heteroatoms. The highest BCUT2D eigenvalue weighted by atomic mass is 19.1. The zero-order valence-electron chi connectivity index (χ0n) is 17.2. The number of piperazine rings is 1. The Bertz CT molecular complexity index is 860. The van der Waals surface area contributed by atoms with E-state index < -0.39 is 0 Å². The minimum Gasteiger partial charge on any atom is -0.496 e. The molecule has 4 unspecified atom stereocenters. The summed E-state index contributed by atoms with van der Waals surface area (Å²) in [5, 5.41) is 3.52. The molecule has 3 aliphatic heterocycles. The maximum absolute atomic E-state index is 14.6. The Morgan fingerprint density at radius 3 is 2.63 bits per heavy atom. The number of anilines is 1. The fourth-order valence-electron chi connectivity index (χ4n) is 5.18. The predicted molar refractivity (Wildman–Crippen MR) is 114 cm³/mol. The van der Waals surface area contributed by atoms with Gasteiger partial charge in [-0.25, -0.2) is 9.82 Å². The molecule has 160 valence electrons. The van der Waals surface area contributed by atoms with Crippen LogP contribution >= 0.6 is 0 Å². The lowest BCUT2D eigenvalue weighted by Gasteiger charge is -2.42. The van der Waals surface area contributed by atoms with Crippen LogP contribution in [0.2, 0.25) is 0 Å². The van der Waals surface area contributed by atoms with Crippen molar-refractivity contribution < 1.29 is 9.13 Å². The number of fused-ring (bicyclic) bond motifs is 1. The van der Waals surface area contributed by atoms with Gasteiger partial charge in [-0.05, 0) is 30.7 Å². The molecule has 4 heterocycles. The zero-order valence-corrected chi connectivity index (χ0v) is 17.2. The molecule has 7 nitrogen and oxygen atoms in total. The van der Waals surface area contributed by atoms with Crippen LogP contribution in [0.4, 0.5) is 10.1 Å². The van der Waals surface area contributed by atoms with E-state index in [1.54, 1.807) is 13.2 Å². The van der Waals surface area contributed by atoms with Crippen molar-refractivity contribution in [2.45, 2.75) is 24.7 Å². The van der Waals surface area contributed by atoms with Crippen LogP contribution in [0.5, 0.6) is 5.75 Å². The lowest BCUT2D eigenvalue weighted by Crippen LogP contribution is -2.56. The largest absolute Gasteiger partial charge is 0.496 e. The van der Waals surface area contributed by atoms with Gasteiger partial charge in [0.2, 0.25) is 0 Å². The molecule has 0 spiro atoms. The van der Waals surface area contributed by atoms with Gasteiger partial charge < -0.3 is 15.0 Å². The quantitative estimate of drug-likeness (QED) is 0.704. The number of pyridine rings is 1. The number of hydrazine groups is 1. The first-order valence-corrected chi connectivity index (χ1v) is 10.7. The number of methoxy groups -OCH3 is 1. The molecule has 3 saturated heterocycles. The fourth-order valence-corrected chi connectivity index (χ4v) is 5.18. The van der Waals surface area contributed by atoms with Crippen LogP contribution in [0.3, 0.4) is 0 Å². The van der Waals surface area contributed by atoms with Crippen molar-refractivity contribution in [1.82, 2.24) is 26.1 Å². The Hall–Kier alpha value is -2.26. The van der Waals surface area contributed by atoms with Crippen LogP contribution in [0.25, 0.3) is 0 Å². The molecular weight excluding hydrogens is 383 g/mol. The van der Waals surface area contributed by atoms with Crippen LogP contribution in [-0.2, 0) is 0 Å². The van der Waals surface area contributed by atoms with Crippen molar-refractivity contribution in [2.75, 3.05) is 44.7 Å². The van der Waals surface area contributed by atoms with Crippen molar-refractivity contribution in [2.24, 2.45) is 5.92 Å². The Morgan fingerprint density at radius 1 is 1.07 bits per heavy atom. The van der Waals surface area contributed by atoms with Gasteiger partial charge in [0.1, 0.15) is 11.6 Å². The molecular formula is C22H29FN6O. The highest BCUT2D eigenvalue weighted by Crippen LogP contribution is 2.37. The molecule has 30 heavy (non-hydrogen) atoms. The zero-order chi connectivity index (χ0) is 20.5. The van der Waals surface area contributed by atoms with Crippen molar-refractivity contribution in [1.29, 1.82) is 0 Å². The topological polar surface area (TPSA) is 64.7 Å². The van der Waals surface area contributed by atoms with Crippen LogP contribution in [0.15, 0.2) is 42.7 Å². The standard InChI is InChI=1S/C22H29FN6O/c1-30-20-4-2-3-17(23)21(20)18-13-16-19(14-25-18)26-27-22(16)29-11-9-28(10-12-29)15-5-7-24-8-6-15/h2-8,16,18-19,22,25-27H,9-14H2,1H3. The van der Waals surface area contributed by atoms with Crippen molar-refractivity contribution >= 4 is 5.69 Å². The fraction of sp³-hybridized carbons (Fsp3) is 0.500. The van der Waals surface area contributed by atoms with Crippen molar-refractivity contribution in [3.8, 4) is 5.75 Å². The van der Waals surface area contributed by atoms with Crippen LogP contribution < -0.4 is 25.8 Å². The lowest BCUT2D eigenvalue weighted by molar-refractivity contribution is 0.111. The summed E-state index contributed by atoms with van der Waals surface area (Å²) in [5.41, 5.74) is 8.86. The van der Waals surface area contributed by atoms with Gasteiger partial charge in [-0.3, -0.25) is 15.3 Å². The molecule has 3 aliphatic rings.